The second kappa shape index (κ2) is 5.06. The number of aldehydes is 1. The third-order valence-corrected chi connectivity index (χ3v) is 3.79. The molecular weight excluding hydrogens is 260 g/mol. The van der Waals surface area contributed by atoms with Gasteiger partial charge in [-0.05, 0) is 35.7 Å². The number of hydrogen-bond acceptors (Lipinski definition) is 2. The lowest BCUT2D eigenvalue weighted by atomic mass is 9.78. The maximum Gasteiger partial charge on any atom is 0.150 e. The van der Waals surface area contributed by atoms with Crippen molar-refractivity contribution in [2.75, 3.05) is 6.61 Å². The van der Waals surface area contributed by atoms with Crippen molar-refractivity contribution < 1.29 is 9.53 Å². The molecule has 0 spiro atoms. The van der Waals surface area contributed by atoms with Gasteiger partial charge in [0.05, 0.1) is 11.6 Å². The molecule has 0 N–H and O–H groups in total. The predicted octanol–water partition coefficient (Wildman–Crippen LogP) is 3.87. The molecule has 1 atom stereocenters. The summed E-state index contributed by atoms with van der Waals surface area (Å²) in [6.07, 6.45) is 1.83. The molecule has 19 heavy (non-hydrogen) atoms. The molecule has 0 bridgehead atoms. The normalized spacial score (nSPS) is 16.4. The highest BCUT2D eigenvalue weighted by Gasteiger charge is 2.26. The Labute approximate surface area is 117 Å². The van der Waals surface area contributed by atoms with E-state index in [-0.39, 0.29) is 0 Å². The highest BCUT2D eigenvalue weighted by molar-refractivity contribution is 6.32. The second-order valence-electron chi connectivity index (χ2n) is 4.72. The van der Waals surface area contributed by atoms with Crippen molar-refractivity contribution in [3.63, 3.8) is 0 Å². The van der Waals surface area contributed by atoms with Crippen molar-refractivity contribution in [1.82, 2.24) is 0 Å². The Morgan fingerprint density at radius 3 is 2.84 bits per heavy atom. The van der Waals surface area contributed by atoms with Crippen molar-refractivity contribution in [2.45, 2.75) is 12.3 Å². The summed E-state index contributed by atoms with van der Waals surface area (Å²) in [6.45, 7) is 0.622. The Bertz CT molecular complexity index is 622. The molecule has 2 aromatic carbocycles. The monoisotopic (exact) mass is 272 g/mol. The minimum atomic E-state index is 0.443. The van der Waals surface area contributed by atoms with Gasteiger partial charge in [-0.25, -0.2) is 0 Å². The molecule has 3 heteroatoms. The van der Waals surface area contributed by atoms with E-state index in [4.69, 9.17) is 16.3 Å². The molecule has 0 saturated carbocycles. The summed E-state index contributed by atoms with van der Waals surface area (Å²) in [5.41, 5.74) is 3.33. The van der Waals surface area contributed by atoms with Crippen LogP contribution in [-0.2, 0) is 6.42 Å². The first-order valence-electron chi connectivity index (χ1n) is 6.23. The van der Waals surface area contributed by atoms with Crippen molar-refractivity contribution in [3.8, 4) is 5.75 Å². The number of ether oxygens (including phenoxy) is 1. The van der Waals surface area contributed by atoms with Gasteiger partial charge < -0.3 is 4.74 Å². The molecule has 0 aromatic heterocycles. The summed E-state index contributed by atoms with van der Waals surface area (Å²) >= 11 is 6.07. The number of hydrogen-bond donors (Lipinski definition) is 0. The second-order valence-corrected chi connectivity index (χ2v) is 5.13. The largest absolute Gasteiger partial charge is 0.491 e. The minimum Gasteiger partial charge on any atom is -0.491 e. The van der Waals surface area contributed by atoms with Gasteiger partial charge in [0.15, 0.2) is 0 Å². The first-order chi connectivity index (χ1) is 9.28. The molecule has 0 aliphatic heterocycles. The van der Waals surface area contributed by atoms with Crippen molar-refractivity contribution in [2.24, 2.45) is 0 Å². The Morgan fingerprint density at radius 2 is 2.11 bits per heavy atom. The van der Waals surface area contributed by atoms with Gasteiger partial charge in [-0.1, -0.05) is 35.9 Å². The lowest BCUT2D eigenvalue weighted by molar-refractivity contribution is 0.112. The zero-order valence-corrected chi connectivity index (χ0v) is 11.1. The third-order valence-electron chi connectivity index (χ3n) is 3.49. The minimum absolute atomic E-state index is 0.443. The van der Waals surface area contributed by atoms with Gasteiger partial charge in [-0.2, -0.15) is 0 Å². The summed E-state index contributed by atoms with van der Waals surface area (Å²) in [5, 5.41) is 0.484. The van der Waals surface area contributed by atoms with Crippen LogP contribution in [0, 0.1) is 0 Å². The molecule has 0 amide bonds. The van der Waals surface area contributed by atoms with Gasteiger partial charge in [0.1, 0.15) is 12.0 Å². The van der Waals surface area contributed by atoms with Crippen LogP contribution in [0.1, 0.15) is 27.4 Å². The summed E-state index contributed by atoms with van der Waals surface area (Å²) in [6, 6.07) is 13.5. The van der Waals surface area contributed by atoms with Gasteiger partial charge >= 0.3 is 0 Å². The summed E-state index contributed by atoms with van der Waals surface area (Å²) < 4.78 is 5.75. The SMILES string of the molecule is O=Cc1ccc(OCC2Cc3ccccc32)c(Cl)c1. The van der Waals surface area contributed by atoms with E-state index >= 15 is 0 Å². The van der Waals surface area contributed by atoms with Crippen LogP contribution in [0.3, 0.4) is 0 Å². The number of carbonyl (C=O) groups excluding carboxylic acids is 1. The van der Waals surface area contributed by atoms with Crippen LogP contribution in [0.5, 0.6) is 5.75 Å². The van der Waals surface area contributed by atoms with Crippen molar-refractivity contribution in [3.05, 3.63) is 64.2 Å². The van der Waals surface area contributed by atoms with Crippen LogP contribution in [0.15, 0.2) is 42.5 Å². The zero-order chi connectivity index (χ0) is 13.2. The predicted molar refractivity (Wildman–Crippen MR) is 75.2 cm³/mol. The molecule has 2 aromatic rings. The molecule has 0 heterocycles. The average Bonchev–Trinajstić information content (AvgIpc) is 2.41. The quantitative estimate of drug-likeness (QED) is 0.790. The zero-order valence-electron chi connectivity index (χ0n) is 10.3. The molecule has 1 aliphatic rings. The fourth-order valence-corrected chi connectivity index (χ4v) is 2.65. The first kappa shape index (κ1) is 12.2. The number of benzene rings is 2. The van der Waals surface area contributed by atoms with E-state index in [2.05, 4.69) is 24.3 Å². The van der Waals surface area contributed by atoms with E-state index in [1.165, 1.54) is 11.1 Å². The standard InChI is InChI=1S/C16H13ClO2/c17-15-7-11(9-18)5-6-16(15)19-10-13-8-12-3-1-2-4-14(12)13/h1-7,9,13H,8,10H2. The molecular formula is C16H13ClO2. The highest BCUT2D eigenvalue weighted by Crippen LogP contribution is 2.36. The van der Waals surface area contributed by atoms with Gasteiger partial charge in [-0.15, -0.1) is 0 Å². The summed E-state index contributed by atoms with van der Waals surface area (Å²) in [5.74, 6) is 1.08. The Hall–Kier alpha value is -1.80. The molecule has 96 valence electrons. The molecule has 2 nitrogen and oxygen atoms in total. The maximum atomic E-state index is 10.6. The molecule has 1 aliphatic carbocycles. The first-order valence-corrected chi connectivity index (χ1v) is 6.61. The van der Waals surface area contributed by atoms with Crippen molar-refractivity contribution in [1.29, 1.82) is 0 Å². The topological polar surface area (TPSA) is 26.3 Å². The average molecular weight is 273 g/mol. The van der Waals surface area contributed by atoms with Crippen LogP contribution in [-0.4, -0.2) is 12.9 Å². The summed E-state index contributed by atoms with van der Waals surface area (Å²) in [7, 11) is 0. The van der Waals surface area contributed by atoms with Crippen molar-refractivity contribution >= 4 is 17.9 Å². The molecule has 1 unspecified atom stereocenters. The fraction of sp³-hybridized carbons (Fsp3) is 0.188. The van der Waals surface area contributed by atoms with E-state index in [1.54, 1.807) is 18.2 Å². The van der Waals surface area contributed by atoms with Crippen LogP contribution >= 0.6 is 11.6 Å². The Balaban J connectivity index is 1.67. The number of fused-ring (bicyclic) bond motifs is 1. The van der Waals surface area contributed by atoms with Gasteiger partial charge in [0.25, 0.3) is 0 Å². The van der Waals surface area contributed by atoms with E-state index in [0.29, 0.717) is 28.9 Å². The molecule has 3 rings (SSSR count). The van der Waals surface area contributed by atoms with Gasteiger partial charge in [-0.3, -0.25) is 4.79 Å². The van der Waals surface area contributed by atoms with E-state index < -0.39 is 0 Å². The summed E-state index contributed by atoms with van der Waals surface area (Å²) in [4.78, 5) is 10.6. The lowest BCUT2D eigenvalue weighted by Gasteiger charge is -2.29. The Kier molecular flexibility index (Phi) is 3.26. The third kappa shape index (κ3) is 2.36. The number of carbonyl (C=O) groups is 1. The van der Waals surface area contributed by atoms with E-state index in [9.17, 15) is 4.79 Å². The van der Waals surface area contributed by atoms with Gasteiger partial charge in [0.2, 0.25) is 0 Å². The maximum absolute atomic E-state index is 10.6. The smallest absolute Gasteiger partial charge is 0.150 e. The van der Waals surface area contributed by atoms with Gasteiger partial charge in [0, 0.05) is 11.5 Å². The number of rotatable bonds is 4. The van der Waals surface area contributed by atoms with Crippen LogP contribution in [0.2, 0.25) is 5.02 Å². The highest BCUT2D eigenvalue weighted by atomic mass is 35.5. The van der Waals surface area contributed by atoms with E-state index in [1.807, 2.05) is 0 Å². The van der Waals surface area contributed by atoms with Crippen LogP contribution in [0.25, 0.3) is 0 Å². The van der Waals surface area contributed by atoms with Crippen LogP contribution in [0.4, 0.5) is 0 Å². The van der Waals surface area contributed by atoms with Crippen LogP contribution < -0.4 is 4.74 Å². The Morgan fingerprint density at radius 1 is 1.26 bits per heavy atom. The molecule has 0 saturated heterocycles. The fourth-order valence-electron chi connectivity index (χ4n) is 2.41. The lowest BCUT2D eigenvalue weighted by Crippen LogP contribution is -2.23. The molecule has 0 radical (unpaired) electrons. The van der Waals surface area contributed by atoms with E-state index in [0.717, 1.165) is 12.7 Å². The molecule has 0 fully saturated rings. The number of halogens is 1.